The first kappa shape index (κ1) is 49.1. The molecule has 2 heteroatoms. The van der Waals surface area contributed by atoms with Crippen molar-refractivity contribution in [3.63, 3.8) is 0 Å². The van der Waals surface area contributed by atoms with Gasteiger partial charge in [-0.2, -0.15) is 0 Å². The lowest BCUT2D eigenvalue weighted by atomic mass is 9.78. The van der Waals surface area contributed by atoms with Crippen LogP contribution in [0.15, 0.2) is 230 Å². The van der Waals surface area contributed by atoms with Crippen molar-refractivity contribution >= 4 is 66.8 Å². The van der Waals surface area contributed by atoms with Gasteiger partial charge in [0.25, 0.3) is 0 Å². The van der Waals surface area contributed by atoms with Crippen molar-refractivity contribution in [2.75, 3.05) is 9.80 Å². The van der Waals surface area contributed by atoms with Crippen LogP contribution in [0.1, 0.15) is 126 Å². The van der Waals surface area contributed by atoms with Crippen LogP contribution < -0.4 is 9.80 Å². The molecule has 0 unspecified atom stereocenters. The maximum atomic E-state index is 2.66. The van der Waals surface area contributed by atoms with Gasteiger partial charge in [0.05, 0.1) is 11.4 Å². The number of fused-ring (bicyclic) bond motifs is 12. The zero-order chi connectivity index (χ0) is 55.6. The van der Waals surface area contributed by atoms with E-state index in [1.54, 1.807) is 11.1 Å². The maximum Gasteiger partial charge on any atom is 0.0620 e. The van der Waals surface area contributed by atoms with Crippen LogP contribution in [0.25, 0.3) is 66.1 Å². The third-order valence-electron chi connectivity index (χ3n) is 20.5. The van der Waals surface area contributed by atoms with Crippen molar-refractivity contribution in [3.05, 3.63) is 274 Å². The van der Waals surface area contributed by atoms with E-state index in [0.717, 1.165) is 37.1 Å². The summed E-state index contributed by atoms with van der Waals surface area (Å²) in [6, 6.07) is 75.2. The van der Waals surface area contributed by atoms with Gasteiger partial charge in [-0.25, -0.2) is 0 Å². The van der Waals surface area contributed by atoms with Crippen LogP contribution in [-0.2, 0) is 21.7 Å². The second kappa shape index (κ2) is 17.4. The van der Waals surface area contributed by atoms with Crippen LogP contribution >= 0.6 is 0 Å². The number of hydrogen-bond acceptors (Lipinski definition) is 2. The molecular formula is C80H68N2. The molecule has 0 aromatic heterocycles. The van der Waals surface area contributed by atoms with Crippen LogP contribution in [0.5, 0.6) is 0 Å². The molecule has 0 amide bonds. The minimum absolute atomic E-state index is 0.112. The van der Waals surface area contributed by atoms with Crippen molar-refractivity contribution in [1.29, 1.82) is 0 Å². The van der Waals surface area contributed by atoms with Gasteiger partial charge in [0, 0.05) is 66.0 Å². The molecule has 2 nitrogen and oxygen atoms in total. The molecule has 0 spiro atoms. The maximum absolute atomic E-state index is 2.66. The molecule has 6 aliphatic carbocycles. The highest BCUT2D eigenvalue weighted by Gasteiger charge is 2.42. The minimum atomic E-state index is -0.196. The van der Waals surface area contributed by atoms with E-state index in [9.17, 15) is 0 Å². The number of rotatable bonds is 7. The molecule has 10 aromatic rings. The Hall–Kier alpha value is -8.72. The summed E-state index contributed by atoms with van der Waals surface area (Å²) < 4.78 is 0. The van der Waals surface area contributed by atoms with Crippen LogP contribution in [0.3, 0.4) is 0 Å². The summed E-state index contributed by atoms with van der Waals surface area (Å²) in [7, 11) is 0. The summed E-state index contributed by atoms with van der Waals surface area (Å²) in [5.41, 5.74) is 31.0. The lowest BCUT2D eigenvalue weighted by molar-refractivity contribution is 0.607. The topological polar surface area (TPSA) is 6.48 Å². The van der Waals surface area contributed by atoms with E-state index < -0.39 is 0 Å². The number of hydrogen-bond donors (Lipinski definition) is 0. The first-order valence-electron chi connectivity index (χ1n) is 29.9. The smallest absolute Gasteiger partial charge is 0.0620 e. The van der Waals surface area contributed by atoms with Crippen molar-refractivity contribution in [1.82, 2.24) is 0 Å². The minimum Gasteiger partial charge on any atom is -0.309 e. The molecule has 0 aliphatic heterocycles. The molecule has 0 atom stereocenters. The van der Waals surface area contributed by atoms with E-state index in [1.807, 2.05) is 0 Å². The van der Waals surface area contributed by atoms with Gasteiger partial charge >= 0.3 is 0 Å². The third-order valence-corrected chi connectivity index (χ3v) is 20.5. The first-order chi connectivity index (χ1) is 39.7. The van der Waals surface area contributed by atoms with Gasteiger partial charge in [-0.1, -0.05) is 230 Å². The number of nitrogens with zero attached hydrogens (tertiary/aromatic N) is 2. The van der Waals surface area contributed by atoms with Crippen molar-refractivity contribution in [2.24, 2.45) is 0 Å². The SMILES string of the molecule is CC1(C)C2=C(C=CCC2)c2ccc(N(c3ccc4c(c3)C(C)(C)C3=C4C=CCC3)c3c4ccccc4c(N(c4ccc5c(c4)-c4ccccc4C5(C)C)c4ccc5c(c4)C(C)(C)c4ccccc4-5)c4ccc(-c5ccccc5)cc34)cc21. The quantitative estimate of drug-likeness (QED) is 0.116. The first-order valence-corrected chi connectivity index (χ1v) is 29.9. The average Bonchev–Trinajstić information content (AvgIpc) is 2.42. The van der Waals surface area contributed by atoms with E-state index >= 15 is 0 Å². The average molecular weight is 1060 g/mol. The summed E-state index contributed by atoms with van der Waals surface area (Å²) >= 11 is 0. The zero-order valence-electron chi connectivity index (χ0n) is 48.5. The Kier molecular flexibility index (Phi) is 10.4. The number of allylic oxidation sites excluding steroid dienone is 8. The molecule has 10 aromatic carbocycles. The van der Waals surface area contributed by atoms with Crippen molar-refractivity contribution in [2.45, 2.75) is 103 Å². The van der Waals surface area contributed by atoms with Crippen LogP contribution in [0.4, 0.5) is 34.1 Å². The van der Waals surface area contributed by atoms with Gasteiger partial charge in [-0.3, -0.25) is 0 Å². The fourth-order valence-electron chi connectivity index (χ4n) is 16.2. The molecule has 82 heavy (non-hydrogen) atoms. The van der Waals surface area contributed by atoms with Crippen LogP contribution in [0.2, 0.25) is 0 Å². The molecule has 0 saturated carbocycles. The molecule has 0 heterocycles. The van der Waals surface area contributed by atoms with E-state index in [1.165, 1.54) is 133 Å². The molecule has 0 fully saturated rings. The van der Waals surface area contributed by atoms with E-state index in [2.05, 4.69) is 284 Å². The van der Waals surface area contributed by atoms with Gasteiger partial charge in [0.15, 0.2) is 0 Å². The highest BCUT2D eigenvalue weighted by Crippen LogP contribution is 2.59. The van der Waals surface area contributed by atoms with E-state index in [-0.39, 0.29) is 21.7 Å². The predicted molar refractivity (Wildman–Crippen MR) is 348 cm³/mol. The van der Waals surface area contributed by atoms with Crippen LogP contribution in [0, 0.1) is 0 Å². The fraction of sp³-hybridized carbons (Fsp3) is 0.200. The monoisotopic (exact) mass is 1060 g/mol. The summed E-state index contributed by atoms with van der Waals surface area (Å²) in [6.45, 7) is 19.4. The molecule has 16 rings (SSSR count). The molecular weight excluding hydrogens is 989 g/mol. The summed E-state index contributed by atoms with van der Waals surface area (Å²) in [4.78, 5) is 5.28. The van der Waals surface area contributed by atoms with Gasteiger partial charge in [-0.15, -0.1) is 0 Å². The Morgan fingerprint density at radius 1 is 0.293 bits per heavy atom. The fourth-order valence-corrected chi connectivity index (χ4v) is 16.2. The summed E-state index contributed by atoms with van der Waals surface area (Å²) in [5, 5.41) is 4.78. The second-order valence-electron chi connectivity index (χ2n) is 26.2. The highest BCUT2D eigenvalue weighted by atomic mass is 15.2. The number of anilines is 6. The van der Waals surface area contributed by atoms with Gasteiger partial charge in [0.1, 0.15) is 0 Å². The number of benzene rings is 10. The van der Waals surface area contributed by atoms with E-state index in [0.29, 0.717) is 0 Å². The Bertz CT molecular complexity index is 4470. The molecule has 398 valence electrons. The van der Waals surface area contributed by atoms with Crippen LogP contribution in [-0.4, -0.2) is 0 Å². The van der Waals surface area contributed by atoms with E-state index in [4.69, 9.17) is 0 Å². The lowest BCUT2D eigenvalue weighted by Gasteiger charge is -2.35. The Morgan fingerprint density at radius 2 is 0.707 bits per heavy atom. The molecule has 0 bridgehead atoms. The lowest BCUT2D eigenvalue weighted by Crippen LogP contribution is -2.20. The summed E-state index contributed by atoms with van der Waals surface area (Å²) in [6.07, 6.45) is 13.9. The largest absolute Gasteiger partial charge is 0.309 e. The van der Waals surface area contributed by atoms with Crippen molar-refractivity contribution in [3.8, 4) is 33.4 Å². The van der Waals surface area contributed by atoms with Gasteiger partial charge in [0.2, 0.25) is 0 Å². The molecule has 0 saturated heterocycles. The summed E-state index contributed by atoms with van der Waals surface area (Å²) in [5.74, 6) is 0. The van der Waals surface area contributed by atoms with Crippen molar-refractivity contribution < 1.29 is 0 Å². The molecule has 6 aliphatic rings. The molecule has 0 radical (unpaired) electrons. The second-order valence-corrected chi connectivity index (χ2v) is 26.2. The standard InChI is InChI=1S/C80H68N2/c1-77(2)70-33-21-17-27-58(70)65-45-51(38-43-71(65)77)81(52-35-40-59-55-24-14-18-30-67(55)78(3,4)72(59)46-52)75-62-28-12-13-29-63(62)76(66-44-50(34-39-64(66)75)49-22-10-9-11-23-49)82(53-36-41-60-56-25-15-19-31-68(56)79(5,6)73(60)47-53)54-37-42-61-57-26-16-20-32-69(57)80(7,8)74(61)48-54/h9-18,21-30,33-48H,19-20,31-32H2,1-8H3. The third kappa shape index (κ3) is 6.82. The highest BCUT2D eigenvalue weighted by molar-refractivity contribution is 6.24. The molecule has 0 N–H and O–H groups in total. The zero-order valence-corrected chi connectivity index (χ0v) is 48.5. The predicted octanol–water partition coefficient (Wildman–Crippen LogP) is 22.0. The Labute approximate surface area is 484 Å². The Balaban J connectivity index is 1.01. The van der Waals surface area contributed by atoms with Gasteiger partial charge in [-0.05, 0) is 169 Å². The normalized spacial score (nSPS) is 17.5. The van der Waals surface area contributed by atoms with Gasteiger partial charge < -0.3 is 9.80 Å². The Morgan fingerprint density at radius 3 is 1.28 bits per heavy atom.